The summed E-state index contributed by atoms with van der Waals surface area (Å²) in [5, 5.41) is 0. The molecule has 0 aliphatic heterocycles. The van der Waals surface area contributed by atoms with Gasteiger partial charge in [-0.2, -0.15) is 0 Å². The van der Waals surface area contributed by atoms with Crippen LogP contribution in [0.15, 0.2) is 57.5 Å². The molecule has 1 unspecified atom stereocenters. The zero-order chi connectivity index (χ0) is 13.0. The SMILES string of the molecule is NCC(Oc1ccc(Br)cc1)c1ccc(Br)cc1. The molecule has 0 heterocycles. The summed E-state index contributed by atoms with van der Waals surface area (Å²) in [4.78, 5) is 0. The molecule has 2 nitrogen and oxygen atoms in total. The van der Waals surface area contributed by atoms with Crippen molar-refractivity contribution < 1.29 is 4.74 Å². The van der Waals surface area contributed by atoms with Crippen molar-refractivity contribution in [2.45, 2.75) is 6.10 Å². The molecule has 0 fully saturated rings. The van der Waals surface area contributed by atoms with Crippen molar-refractivity contribution >= 4 is 31.9 Å². The lowest BCUT2D eigenvalue weighted by Crippen LogP contribution is -2.18. The molecule has 2 aromatic rings. The smallest absolute Gasteiger partial charge is 0.136 e. The van der Waals surface area contributed by atoms with E-state index in [1.165, 1.54) is 0 Å². The van der Waals surface area contributed by atoms with Gasteiger partial charge in [0.2, 0.25) is 0 Å². The lowest BCUT2D eigenvalue weighted by molar-refractivity contribution is 0.214. The van der Waals surface area contributed by atoms with Gasteiger partial charge in [-0.05, 0) is 42.0 Å². The molecule has 0 saturated heterocycles. The van der Waals surface area contributed by atoms with Crippen LogP contribution in [0.2, 0.25) is 0 Å². The van der Waals surface area contributed by atoms with Crippen LogP contribution in [0.4, 0.5) is 0 Å². The van der Waals surface area contributed by atoms with Crippen LogP contribution in [0.3, 0.4) is 0 Å². The van der Waals surface area contributed by atoms with Crippen molar-refractivity contribution in [3.8, 4) is 5.75 Å². The van der Waals surface area contributed by atoms with E-state index in [4.69, 9.17) is 10.5 Å². The molecule has 0 saturated carbocycles. The molecule has 0 radical (unpaired) electrons. The van der Waals surface area contributed by atoms with Crippen LogP contribution < -0.4 is 10.5 Å². The summed E-state index contributed by atoms with van der Waals surface area (Å²) in [7, 11) is 0. The molecule has 94 valence electrons. The molecular formula is C14H13Br2NO. The lowest BCUT2D eigenvalue weighted by Gasteiger charge is -2.18. The van der Waals surface area contributed by atoms with Crippen LogP contribution >= 0.6 is 31.9 Å². The van der Waals surface area contributed by atoms with E-state index in [0.717, 1.165) is 20.3 Å². The number of benzene rings is 2. The molecule has 4 heteroatoms. The van der Waals surface area contributed by atoms with Crippen molar-refractivity contribution in [1.82, 2.24) is 0 Å². The Balaban J connectivity index is 2.14. The van der Waals surface area contributed by atoms with E-state index in [1.54, 1.807) is 0 Å². The van der Waals surface area contributed by atoms with E-state index in [-0.39, 0.29) is 6.10 Å². The zero-order valence-corrected chi connectivity index (χ0v) is 12.8. The second kappa shape index (κ2) is 6.36. The molecule has 0 aliphatic rings. The van der Waals surface area contributed by atoms with Gasteiger partial charge in [-0.15, -0.1) is 0 Å². The van der Waals surface area contributed by atoms with Gasteiger partial charge in [-0.3, -0.25) is 0 Å². The Bertz CT molecular complexity index is 496. The molecule has 0 bridgehead atoms. The molecule has 0 amide bonds. The summed E-state index contributed by atoms with van der Waals surface area (Å²) in [5.41, 5.74) is 6.85. The second-order valence-electron chi connectivity index (χ2n) is 3.85. The van der Waals surface area contributed by atoms with Crippen molar-refractivity contribution in [1.29, 1.82) is 0 Å². The molecule has 0 spiro atoms. The van der Waals surface area contributed by atoms with E-state index < -0.39 is 0 Å². The highest BCUT2D eigenvalue weighted by Gasteiger charge is 2.11. The first-order valence-corrected chi connectivity index (χ1v) is 7.15. The van der Waals surface area contributed by atoms with E-state index in [2.05, 4.69) is 31.9 Å². The van der Waals surface area contributed by atoms with E-state index in [0.29, 0.717) is 6.54 Å². The highest BCUT2D eigenvalue weighted by atomic mass is 79.9. The number of halogens is 2. The number of nitrogens with two attached hydrogens (primary N) is 1. The molecule has 0 aromatic heterocycles. The fourth-order valence-corrected chi connectivity index (χ4v) is 2.14. The Kier molecular flexibility index (Phi) is 4.80. The summed E-state index contributed by atoms with van der Waals surface area (Å²) in [5.74, 6) is 0.816. The quantitative estimate of drug-likeness (QED) is 0.871. The first-order valence-electron chi connectivity index (χ1n) is 5.57. The Morgan fingerprint density at radius 3 is 1.89 bits per heavy atom. The third-order valence-corrected chi connectivity index (χ3v) is 3.61. The van der Waals surface area contributed by atoms with Crippen molar-refractivity contribution in [2.75, 3.05) is 6.54 Å². The predicted molar refractivity (Wildman–Crippen MR) is 80.7 cm³/mol. The van der Waals surface area contributed by atoms with Crippen LogP contribution in [-0.4, -0.2) is 6.54 Å². The predicted octanol–water partition coefficient (Wildman–Crippen LogP) is 4.29. The third kappa shape index (κ3) is 3.57. The van der Waals surface area contributed by atoms with Crippen LogP contribution in [0.25, 0.3) is 0 Å². The Hall–Kier alpha value is -0.840. The number of ether oxygens (including phenoxy) is 1. The van der Waals surface area contributed by atoms with Crippen LogP contribution in [0.5, 0.6) is 5.75 Å². The minimum Gasteiger partial charge on any atom is -0.484 e. The summed E-state index contributed by atoms with van der Waals surface area (Å²) in [6, 6.07) is 15.7. The molecule has 1 atom stereocenters. The zero-order valence-electron chi connectivity index (χ0n) is 9.64. The highest BCUT2D eigenvalue weighted by Crippen LogP contribution is 2.24. The minimum atomic E-state index is -0.126. The van der Waals surface area contributed by atoms with Crippen LogP contribution in [0.1, 0.15) is 11.7 Å². The summed E-state index contributed by atoms with van der Waals surface area (Å²) >= 11 is 6.81. The molecule has 2 rings (SSSR count). The maximum Gasteiger partial charge on any atom is 0.136 e. The highest BCUT2D eigenvalue weighted by molar-refractivity contribution is 9.10. The molecule has 2 N–H and O–H groups in total. The summed E-state index contributed by atoms with van der Waals surface area (Å²) in [6.45, 7) is 0.442. The normalized spacial score (nSPS) is 12.2. The summed E-state index contributed by atoms with van der Waals surface area (Å²) < 4.78 is 7.96. The largest absolute Gasteiger partial charge is 0.484 e. The number of hydrogen-bond acceptors (Lipinski definition) is 2. The van der Waals surface area contributed by atoms with Gasteiger partial charge < -0.3 is 10.5 Å². The summed E-state index contributed by atoms with van der Waals surface area (Å²) in [6.07, 6.45) is -0.126. The fourth-order valence-electron chi connectivity index (χ4n) is 1.61. The first-order chi connectivity index (χ1) is 8.69. The van der Waals surface area contributed by atoms with Gasteiger partial charge in [0.1, 0.15) is 11.9 Å². The Morgan fingerprint density at radius 1 is 0.889 bits per heavy atom. The molecule has 18 heavy (non-hydrogen) atoms. The van der Waals surface area contributed by atoms with Gasteiger partial charge in [0.25, 0.3) is 0 Å². The molecule has 2 aromatic carbocycles. The second-order valence-corrected chi connectivity index (χ2v) is 5.68. The molecule has 0 aliphatic carbocycles. The number of hydrogen-bond donors (Lipinski definition) is 1. The maximum absolute atomic E-state index is 5.88. The van der Waals surface area contributed by atoms with Crippen molar-refractivity contribution in [2.24, 2.45) is 5.73 Å². The standard InChI is InChI=1S/C14H13Br2NO/c15-11-3-1-10(2-4-11)14(9-17)18-13-7-5-12(16)6-8-13/h1-8,14H,9,17H2. The van der Waals surface area contributed by atoms with Crippen LogP contribution in [-0.2, 0) is 0 Å². The molecular weight excluding hydrogens is 358 g/mol. The van der Waals surface area contributed by atoms with E-state index >= 15 is 0 Å². The first kappa shape index (κ1) is 13.6. The van der Waals surface area contributed by atoms with Gasteiger partial charge in [0.05, 0.1) is 0 Å². The minimum absolute atomic E-state index is 0.126. The van der Waals surface area contributed by atoms with Crippen molar-refractivity contribution in [3.05, 3.63) is 63.0 Å². The Morgan fingerprint density at radius 2 is 1.39 bits per heavy atom. The van der Waals surface area contributed by atoms with Gasteiger partial charge in [-0.1, -0.05) is 44.0 Å². The van der Waals surface area contributed by atoms with Crippen molar-refractivity contribution in [3.63, 3.8) is 0 Å². The lowest BCUT2D eigenvalue weighted by atomic mass is 10.1. The van der Waals surface area contributed by atoms with Gasteiger partial charge in [-0.25, -0.2) is 0 Å². The van der Waals surface area contributed by atoms with Gasteiger partial charge in [0, 0.05) is 15.5 Å². The average Bonchev–Trinajstić information content (AvgIpc) is 2.39. The number of rotatable bonds is 4. The van der Waals surface area contributed by atoms with E-state index in [1.807, 2.05) is 48.5 Å². The monoisotopic (exact) mass is 369 g/mol. The third-order valence-electron chi connectivity index (χ3n) is 2.55. The maximum atomic E-state index is 5.88. The fraction of sp³-hybridized carbons (Fsp3) is 0.143. The topological polar surface area (TPSA) is 35.2 Å². The Labute approximate surface area is 123 Å². The van der Waals surface area contributed by atoms with Gasteiger partial charge in [0.15, 0.2) is 0 Å². The van der Waals surface area contributed by atoms with E-state index in [9.17, 15) is 0 Å². The van der Waals surface area contributed by atoms with Crippen LogP contribution in [0, 0.1) is 0 Å². The average molecular weight is 371 g/mol. The van der Waals surface area contributed by atoms with Gasteiger partial charge >= 0.3 is 0 Å².